The Morgan fingerprint density at radius 3 is 2.42 bits per heavy atom. The van der Waals surface area contributed by atoms with E-state index in [1.54, 1.807) is 22.6 Å². The predicted molar refractivity (Wildman–Crippen MR) is 150 cm³/mol. The van der Waals surface area contributed by atoms with E-state index in [4.69, 9.17) is 14.5 Å². The summed E-state index contributed by atoms with van der Waals surface area (Å²) in [4.78, 5) is 34.2. The second kappa shape index (κ2) is 12.4. The number of carbonyl (C=O) groups excluding carboxylic acids is 1. The number of para-hydroxylation sites is 2. The molecule has 8 nitrogen and oxygen atoms in total. The number of hydrogen-bond acceptors (Lipinski definition) is 5. The summed E-state index contributed by atoms with van der Waals surface area (Å²) in [7, 11) is 1.60. The van der Waals surface area contributed by atoms with Crippen LogP contribution in [0, 0.1) is 6.92 Å². The molecule has 1 aromatic heterocycles. The smallest absolute Gasteiger partial charge is 0.322 e. The average molecular weight is 515 g/mol. The SMILES string of the molecule is CCOc1ccc(-n2c(C(CC)N(CCOC)C(=O)Nc3ccccc3C)nc3ccccc3c2=O)cc1. The topological polar surface area (TPSA) is 85.7 Å². The lowest BCUT2D eigenvalue weighted by Crippen LogP contribution is -2.42. The summed E-state index contributed by atoms with van der Waals surface area (Å²) >= 11 is 0. The second-order valence-electron chi connectivity index (χ2n) is 8.91. The highest BCUT2D eigenvalue weighted by Gasteiger charge is 2.29. The minimum atomic E-state index is -0.502. The number of ether oxygens (including phenoxy) is 2. The number of rotatable bonds is 10. The largest absolute Gasteiger partial charge is 0.494 e. The summed E-state index contributed by atoms with van der Waals surface area (Å²) < 4.78 is 12.5. The molecule has 1 heterocycles. The van der Waals surface area contributed by atoms with Crippen molar-refractivity contribution in [3.8, 4) is 11.4 Å². The van der Waals surface area contributed by atoms with Crippen LogP contribution in [0.1, 0.15) is 37.7 Å². The fraction of sp³-hybridized carbons (Fsp3) is 0.300. The maximum atomic E-state index is 13.9. The highest BCUT2D eigenvalue weighted by molar-refractivity contribution is 5.90. The second-order valence-corrected chi connectivity index (χ2v) is 8.91. The van der Waals surface area contributed by atoms with Crippen LogP contribution in [0.5, 0.6) is 5.75 Å². The lowest BCUT2D eigenvalue weighted by atomic mass is 10.1. The molecule has 4 aromatic rings. The molecule has 1 N–H and O–H groups in total. The maximum absolute atomic E-state index is 13.9. The number of hydrogen-bond donors (Lipinski definition) is 1. The number of fused-ring (bicyclic) bond motifs is 1. The monoisotopic (exact) mass is 514 g/mol. The molecule has 8 heteroatoms. The molecule has 198 valence electrons. The Bertz CT molecular complexity index is 1450. The summed E-state index contributed by atoms with van der Waals surface area (Å²) in [5.74, 6) is 1.20. The Labute approximate surface area is 222 Å². The van der Waals surface area contributed by atoms with Gasteiger partial charge in [0.1, 0.15) is 11.6 Å². The number of benzene rings is 3. The zero-order chi connectivity index (χ0) is 27.1. The first-order valence-corrected chi connectivity index (χ1v) is 12.9. The van der Waals surface area contributed by atoms with Crippen molar-refractivity contribution in [1.29, 1.82) is 0 Å². The van der Waals surface area contributed by atoms with E-state index < -0.39 is 6.04 Å². The van der Waals surface area contributed by atoms with Gasteiger partial charge in [-0.05, 0) is 68.3 Å². The third-order valence-corrected chi connectivity index (χ3v) is 6.45. The highest BCUT2D eigenvalue weighted by Crippen LogP contribution is 2.28. The molecule has 0 aliphatic heterocycles. The molecular formula is C30H34N4O4. The van der Waals surface area contributed by atoms with Crippen LogP contribution < -0.4 is 15.6 Å². The molecule has 0 spiro atoms. The number of anilines is 1. The maximum Gasteiger partial charge on any atom is 0.322 e. The van der Waals surface area contributed by atoms with Gasteiger partial charge in [-0.15, -0.1) is 0 Å². The van der Waals surface area contributed by atoms with Gasteiger partial charge in [0.2, 0.25) is 0 Å². The van der Waals surface area contributed by atoms with Crippen molar-refractivity contribution < 1.29 is 14.3 Å². The van der Waals surface area contributed by atoms with Crippen molar-refractivity contribution >= 4 is 22.6 Å². The summed E-state index contributed by atoms with van der Waals surface area (Å²) in [6.45, 7) is 7.05. The molecule has 0 radical (unpaired) electrons. The highest BCUT2D eigenvalue weighted by atomic mass is 16.5. The minimum absolute atomic E-state index is 0.195. The van der Waals surface area contributed by atoms with Gasteiger partial charge in [-0.1, -0.05) is 37.3 Å². The zero-order valence-corrected chi connectivity index (χ0v) is 22.3. The number of methoxy groups -OCH3 is 1. The molecule has 3 aromatic carbocycles. The number of aromatic nitrogens is 2. The molecule has 38 heavy (non-hydrogen) atoms. The van der Waals surface area contributed by atoms with E-state index in [1.165, 1.54) is 0 Å². The third-order valence-electron chi connectivity index (χ3n) is 6.45. The van der Waals surface area contributed by atoms with Crippen LogP contribution in [-0.2, 0) is 4.74 Å². The third kappa shape index (κ3) is 5.70. The number of amides is 2. The minimum Gasteiger partial charge on any atom is -0.494 e. The van der Waals surface area contributed by atoms with Crippen LogP contribution in [0.4, 0.5) is 10.5 Å². The molecule has 0 fully saturated rings. The predicted octanol–water partition coefficient (Wildman–Crippen LogP) is 5.72. The molecule has 1 atom stereocenters. The summed E-state index contributed by atoms with van der Waals surface area (Å²) in [5, 5.41) is 3.54. The Balaban J connectivity index is 1.85. The first-order chi connectivity index (χ1) is 18.5. The zero-order valence-electron chi connectivity index (χ0n) is 22.3. The van der Waals surface area contributed by atoms with Crippen LogP contribution in [0.25, 0.3) is 16.6 Å². The van der Waals surface area contributed by atoms with Crippen molar-refractivity contribution in [3.05, 3.63) is 94.5 Å². The Hall–Kier alpha value is -4.17. The van der Waals surface area contributed by atoms with Gasteiger partial charge in [-0.3, -0.25) is 9.36 Å². The normalized spacial score (nSPS) is 11.8. The van der Waals surface area contributed by atoms with Crippen LogP contribution in [-0.4, -0.2) is 47.4 Å². The average Bonchev–Trinajstić information content (AvgIpc) is 2.93. The van der Waals surface area contributed by atoms with Gasteiger partial charge in [0.25, 0.3) is 5.56 Å². The van der Waals surface area contributed by atoms with Crippen LogP contribution in [0.3, 0.4) is 0 Å². The number of nitrogens with one attached hydrogen (secondary N) is 1. The van der Waals surface area contributed by atoms with E-state index in [2.05, 4.69) is 5.32 Å². The Morgan fingerprint density at radius 1 is 1.03 bits per heavy atom. The molecule has 4 rings (SSSR count). The van der Waals surface area contributed by atoms with Gasteiger partial charge in [0.05, 0.1) is 35.8 Å². The number of nitrogens with zero attached hydrogens (tertiary/aromatic N) is 3. The van der Waals surface area contributed by atoms with Crippen molar-refractivity contribution in [1.82, 2.24) is 14.5 Å². The molecule has 0 saturated heterocycles. The van der Waals surface area contributed by atoms with E-state index in [0.29, 0.717) is 54.3 Å². The molecule has 0 bridgehead atoms. The van der Waals surface area contributed by atoms with E-state index in [0.717, 1.165) is 11.3 Å². The summed E-state index contributed by atoms with van der Waals surface area (Å²) in [5.41, 5.74) is 2.72. The molecule has 2 amide bonds. The molecule has 0 saturated carbocycles. The first kappa shape index (κ1) is 26.9. The lowest BCUT2D eigenvalue weighted by Gasteiger charge is -2.32. The van der Waals surface area contributed by atoms with Gasteiger partial charge in [0.15, 0.2) is 0 Å². The van der Waals surface area contributed by atoms with Gasteiger partial charge in [0, 0.05) is 19.3 Å². The molecule has 1 unspecified atom stereocenters. The fourth-order valence-corrected chi connectivity index (χ4v) is 4.51. The van der Waals surface area contributed by atoms with Gasteiger partial charge in [-0.25, -0.2) is 9.78 Å². The van der Waals surface area contributed by atoms with Gasteiger partial charge in [-0.2, -0.15) is 0 Å². The molecule has 0 aliphatic carbocycles. The van der Waals surface area contributed by atoms with Crippen LogP contribution in [0.15, 0.2) is 77.6 Å². The first-order valence-electron chi connectivity index (χ1n) is 12.9. The number of aryl methyl sites for hydroxylation is 1. The molecular weight excluding hydrogens is 480 g/mol. The van der Waals surface area contributed by atoms with E-state index in [-0.39, 0.29) is 11.6 Å². The quantitative estimate of drug-likeness (QED) is 0.292. The van der Waals surface area contributed by atoms with Crippen LogP contribution >= 0.6 is 0 Å². The van der Waals surface area contributed by atoms with E-state index in [1.807, 2.05) is 87.5 Å². The van der Waals surface area contributed by atoms with Crippen molar-refractivity contribution in [2.45, 2.75) is 33.2 Å². The Morgan fingerprint density at radius 2 is 1.74 bits per heavy atom. The summed E-state index contributed by atoms with van der Waals surface area (Å²) in [6, 6.07) is 21.5. The van der Waals surface area contributed by atoms with Gasteiger partial charge < -0.3 is 19.7 Å². The molecule has 0 aliphatic rings. The van der Waals surface area contributed by atoms with Gasteiger partial charge >= 0.3 is 6.03 Å². The number of carbonyl (C=O) groups is 1. The van der Waals surface area contributed by atoms with Crippen molar-refractivity contribution in [2.24, 2.45) is 0 Å². The standard InChI is InChI=1S/C30H34N4O4/c1-5-27(33(19-20-37-4)30(36)32-25-13-9-7-11-21(25)3)28-31-26-14-10-8-12-24(26)29(35)34(28)22-15-17-23(18-16-22)38-6-2/h7-18,27H,5-6,19-20H2,1-4H3,(H,32,36). The van der Waals surface area contributed by atoms with Crippen molar-refractivity contribution in [2.75, 3.05) is 32.2 Å². The van der Waals surface area contributed by atoms with E-state index in [9.17, 15) is 9.59 Å². The lowest BCUT2D eigenvalue weighted by molar-refractivity contribution is 0.131. The fourth-order valence-electron chi connectivity index (χ4n) is 4.51. The summed E-state index contributed by atoms with van der Waals surface area (Å²) in [6.07, 6.45) is 0.534. The Kier molecular flexibility index (Phi) is 8.76. The van der Waals surface area contributed by atoms with Crippen LogP contribution in [0.2, 0.25) is 0 Å². The van der Waals surface area contributed by atoms with Crippen molar-refractivity contribution in [3.63, 3.8) is 0 Å². The number of urea groups is 1. The van der Waals surface area contributed by atoms with E-state index >= 15 is 0 Å².